The number of nitrogens with one attached hydrogen (secondary N) is 2. The summed E-state index contributed by atoms with van der Waals surface area (Å²) in [5.74, 6) is -0.939. The minimum atomic E-state index is -1.11. The summed E-state index contributed by atoms with van der Waals surface area (Å²) in [5.41, 5.74) is 6.13. The van der Waals surface area contributed by atoms with Gasteiger partial charge >= 0.3 is 0 Å². The monoisotopic (exact) mass is 379 g/mol. The van der Waals surface area contributed by atoms with E-state index >= 15 is 0 Å². The van der Waals surface area contributed by atoms with Crippen LogP contribution in [0.4, 0.5) is 4.39 Å². The molecule has 140 valence electrons. The molecule has 7 heteroatoms. The highest BCUT2D eigenvalue weighted by Crippen LogP contribution is 2.17. The molecular formula is C19H23ClFN3O2. The number of hydrogen-bond donors (Lipinski definition) is 3. The van der Waals surface area contributed by atoms with E-state index in [1.165, 1.54) is 24.3 Å². The third-order valence-corrected chi connectivity index (χ3v) is 3.88. The summed E-state index contributed by atoms with van der Waals surface area (Å²) in [7, 11) is 0. The van der Waals surface area contributed by atoms with Crippen LogP contribution < -0.4 is 16.4 Å². The molecule has 0 saturated heterocycles. The van der Waals surface area contributed by atoms with Gasteiger partial charge in [-0.15, -0.1) is 12.4 Å². The highest BCUT2D eigenvalue weighted by Gasteiger charge is 2.29. The van der Waals surface area contributed by atoms with Crippen LogP contribution in [0.2, 0.25) is 0 Å². The van der Waals surface area contributed by atoms with Crippen molar-refractivity contribution < 1.29 is 14.0 Å². The second-order valence-corrected chi connectivity index (χ2v) is 5.94. The molecule has 0 radical (unpaired) electrons. The van der Waals surface area contributed by atoms with Crippen molar-refractivity contribution in [2.24, 2.45) is 5.73 Å². The van der Waals surface area contributed by atoms with Crippen LogP contribution in [0.5, 0.6) is 0 Å². The number of amides is 2. The predicted octanol–water partition coefficient (Wildman–Crippen LogP) is 2.36. The van der Waals surface area contributed by atoms with Crippen LogP contribution in [-0.4, -0.2) is 24.9 Å². The Morgan fingerprint density at radius 1 is 1.00 bits per heavy atom. The molecule has 0 aliphatic rings. The maximum atomic E-state index is 12.8. The van der Waals surface area contributed by atoms with Gasteiger partial charge in [0.15, 0.2) is 0 Å². The minimum Gasteiger partial charge on any atom is -0.354 e. The average Bonchev–Trinajstić information content (AvgIpc) is 2.62. The first-order chi connectivity index (χ1) is 11.9. The Labute approximate surface area is 158 Å². The zero-order valence-corrected chi connectivity index (χ0v) is 15.3. The topological polar surface area (TPSA) is 84.2 Å². The van der Waals surface area contributed by atoms with E-state index in [2.05, 4.69) is 10.6 Å². The molecule has 0 aliphatic carbocycles. The Morgan fingerprint density at radius 2 is 1.58 bits per heavy atom. The molecule has 0 bridgehead atoms. The van der Waals surface area contributed by atoms with E-state index in [9.17, 15) is 14.0 Å². The lowest BCUT2D eigenvalue weighted by molar-refractivity contribution is -0.126. The van der Waals surface area contributed by atoms with Gasteiger partial charge in [-0.1, -0.05) is 30.3 Å². The second-order valence-electron chi connectivity index (χ2n) is 5.94. The number of rotatable bonds is 7. The zero-order valence-electron chi connectivity index (χ0n) is 14.5. The lowest BCUT2D eigenvalue weighted by atomic mass is 9.92. The van der Waals surface area contributed by atoms with Gasteiger partial charge in [-0.3, -0.25) is 9.59 Å². The van der Waals surface area contributed by atoms with Crippen LogP contribution in [0, 0.1) is 5.82 Å². The third-order valence-electron chi connectivity index (χ3n) is 3.88. The standard InChI is InChI=1S/C19H22FN3O2.ClH/c1-19(21,15-6-3-2-4-7-15)18(25)23-13-5-12-22-17(24)14-8-10-16(20)11-9-14;/h2-4,6-11H,5,12-13,21H2,1H3,(H,22,24)(H,23,25);1H. The summed E-state index contributed by atoms with van der Waals surface area (Å²) < 4.78 is 12.8. The molecule has 1 atom stereocenters. The van der Waals surface area contributed by atoms with Crippen LogP contribution in [0.1, 0.15) is 29.3 Å². The van der Waals surface area contributed by atoms with Crippen molar-refractivity contribution in [1.82, 2.24) is 10.6 Å². The summed E-state index contributed by atoms with van der Waals surface area (Å²) in [6.07, 6.45) is 0.559. The van der Waals surface area contributed by atoms with Gasteiger partial charge in [0.05, 0.1) is 0 Å². The molecule has 0 aliphatic heterocycles. The Bertz CT molecular complexity index is 721. The number of nitrogens with two attached hydrogens (primary N) is 1. The molecule has 5 nitrogen and oxygen atoms in total. The molecule has 0 saturated carbocycles. The van der Waals surface area contributed by atoms with Crippen LogP contribution in [0.3, 0.4) is 0 Å². The zero-order chi connectivity index (χ0) is 18.3. The fourth-order valence-electron chi connectivity index (χ4n) is 2.29. The number of benzene rings is 2. The summed E-state index contributed by atoms with van der Waals surface area (Å²) in [6, 6.07) is 14.5. The van der Waals surface area contributed by atoms with Gasteiger partial charge in [-0.2, -0.15) is 0 Å². The van der Waals surface area contributed by atoms with Gasteiger partial charge in [0, 0.05) is 18.7 Å². The van der Waals surface area contributed by atoms with Gasteiger partial charge in [-0.05, 0) is 43.2 Å². The molecule has 1 unspecified atom stereocenters. The fourth-order valence-corrected chi connectivity index (χ4v) is 2.29. The van der Waals surface area contributed by atoms with Crippen molar-refractivity contribution in [2.45, 2.75) is 18.9 Å². The van der Waals surface area contributed by atoms with Crippen LogP contribution in [0.15, 0.2) is 54.6 Å². The summed E-state index contributed by atoms with van der Waals surface area (Å²) >= 11 is 0. The first-order valence-electron chi connectivity index (χ1n) is 8.08. The van der Waals surface area contributed by atoms with Gasteiger partial charge in [0.1, 0.15) is 11.4 Å². The molecule has 2 aromatic rings. The van der Waals surface area contributed by atoms with Crippen molar-refractivity contribution in [3.8, 4) is 0 Å². The predicted molar refractivity (Wildman–Crippen MR) is 102 cm³/mol. The normalized spacial score (nSPS) is 12.4. The van der Waals surface area contributed by atoms with Crippen molar-refractivity contribution in [3.63, 3.8) is 0 Å². The molecule has 2 aromatic carbocycles. The molecule has 2 amide bonds. The van der Waals surface area contributed by atoms with E-state index in [0.717, 1.165) is 5.56 Å². The van der Waals surface area contributed by atoms with Crippen LogP contribution >= 0.6 is 12.4 Å². The number of carbonyl (C=O) groups is 2. The van der Waals surface area contributed by atoms with Crippen molar-refractivity contribution in [2.75, 3.05) is 13.1 Å². The first-order valence-corrected chi connectivity index (χ1v) is 8.08. The molecule has 0 fully saturated rings. The molecular weight excluding hydrogens is 357 g/mol. The molecule has 0 spiro atoms. The van der Waals surface area contributed by atoms with E-state index in [-0.39, 0.29) is 30.0 Å². The summed E-state index contributed by atoms with van der Waals surface area (Å²) in [4.78, 5) is 24.1. The maximum Gasteiger partial charge on any atom is 0.251 e. The molecule has 0 aromatic heterocycles. The van der Waals surface area contributed by atoms with E-state index in [1.54, 1.807) is 6.92 Å². The quantitative estimate of drug-likeness (QED) is 0.646. The van der Waals surface area contributed by atoms with Crippen LogP contribution in [0.25, 0.3) is 0 Å². The largest absolute Gasteiger partial charge is 0.354 e. The Kier molecular flexibility index (Phi) is 8.22. The number of hydrogen-bond acceptors (Lipinski definition) is 3. The molecule has 0 heterocycles. The summed E-state index contributed by atoms with van der Waals surface area (Å²) in [6.45, 7) is 2.44. The maximum absolute atomic E-state index is 12.8. The minimum absolute atomic E-state index is 0. The highest BCUT2D eigenvalue weighted by molar-refractivity contribution is 5.94. The van der Waals surface area contributed by atoms with Gasteiger partial charge < -0.3 is 16.4 Å². The summed E-state index contributed by atoms with van der Waals surface area (Å²) in [5, 5.41) is 5.50. The van der Waals surface area contributed by atoms with Crippen molar-refractivity contribution >= 4 is 24.2 Å². The molecule has 4 N–H and O–H groups in total. The fraction of sp³-hybridized carbons (Fsp3) is 0.263. The molecule has 2 rings (SSSR count). The third kappa shape index (κ3) is 5.82. The second kappa shape index (κ2) is 9.89. The van der Waals surface area contributed by atoms with E-state index in [4.69, 9.17) is 5.73 Å². The van der Waals surface area contributed by atoms with Crippen molar-refractivity contribution in [3.05, 3.63) is 71.5 Å². The van der Waals surface area contributed by atoms with Crippen molar-refractivity contribution in [1.29, 1.82) is 0 Å². The number of halogens is 2. The smallest absolute Gasteiger partial charge is 0.251 e. The Morgan fingerprint density at radius 3 is 2.19 bits per heavy atom. The lowest BCUT2D eigenvalue weighted by Gasteiger charge is -2.24. The Hall–Kier alpha value is -2.44. The van der Waals surface area contributed by atoms with Gasteiger partial charge in [0.25, 0.3) is 5.91 Å². The van der Waals surface area contributed by atoms with E-state index < -0.39 is 5.54 Å². The van der Waals surface area contributed by atoms with E-state index in [1.807, 2.05) is 30.3 Å². The first kappa shape index (κ1) is 21.6. The van der Waals surface area contributed by atoms with Gasteiger partial charge in [0.2, 0.25) is 5.91 Å². The van der Waals surface area contributed by atoms with Gasteiger partial charge in [-0.25, -0.2) is 4.39 Å². The molecule has 26 heavy (non-hydrogen) atoms. The SMILES string of the molecule is CC(N)(C(=O)NCCCNC(=O)c1ccc(F)cc1)c1ccccc1.Cl. The number of carbonyl (C=O) groups excluding carboxylic acids is 2. The van der Waals surface area contributed by atoms with Crippen LogP contribution in [-0.2, 0) is 10.3 Å². The Balaban J connectivity index is 0.00000338. The lowest BCUT2D eigenvalue weighted by Crippen LogP contribution is -2.49. The van der Waals surface area contributed by atoms with E-state index in [0.29, 0.717) is 25.1 Å². The average molecular weight is 380 g/mol. The highest BCUT2D eigenvalue weighted by atomic mass is 35.5.